The topological polar surface area (TPSA) is 70.6 Å². The van der Waals surface area contributed by atoms with Crippen LogP contribution in [-0.2, 0) is 23.1 Å². The van der Waals surface area contributed by atoms with Crippen molar-refractivity contribution >= 4 is 39.1 Å². The minimum atomic E-state index is -3.57. The Morgan fingerprint density at radius 1 is 0.935 bits per heavy atom. The van der Waals surface area contributed by atoms with Crippen molar-refractivity contribution in [2.45, 2.75) is 18.0 Å². The maximum atomic E-state index is 13.3. The van der Waals surface area contributed by atoms with Crippen molar-refractivity contribution in [2.75, 3.05) is 14.1 Å². The lowest BCUT2D eigenvalue weighted by molar-refractivity contribution is 0.0727. The number of sulfonamides is 1. The predicted octanol–water partition coefficient (Wildman–Crippen LogP) is 4.48. The predicted molar refractivity (Wildman–Crippen MR) is 122 cm³/mol. The van der Waals surface area contributed by atoms with E-state index in [-0.39, 0.29) is 23.9 Å². The van der Waals surface area contributed by atoms with Crippen LogP contribution in [0.1, 0.15) is 21.6 Å². The van der Waals surface area contributed by atoms with Crippen LogP contribution >= 0.6 is 23.2 Å². The van der Waals surface area contributed by atoms with Gasteiger partial charge in [0.05, 0.1) is 27.2 Å². The van der Waals surface area contributed by atoms with Gasteiger partial charge in [-0.3, -0.25) is 9.78 Å². The average Bonchev–Trinajstić information content (AvgIpc) is 2.76. The van der Waals surface area contributed by atoms with Crippen LogP contribution in [0.25, 0.3) is 0 Å². The SMILES string of the molecule is CN(C)S(=O)(=O)c1ccc(C(=O)N(Cc2ccc(Cl)c(Cl)c2)Cc2ccccn2)cc1. The molecule has 0 radical (unpaired) electrons. The lowest BCUT2D eigenvalue weighted by atomic mass is 10.1. The Kier molecular flexibility index (Phi) is 7.33. The summed E-state index contributed by atoms with van der Waals surface area (Å²) in [5.41, 5.74) is 1.90. The molecule has 0 N–H and O–H groups in total. The summed E-state index contributed by atoms with van der Waals surface area (Å²) in [6.45, 7) is 0.557. The fraction of sp³-hybridized carbons (Fsp3) is 0.182. The van der Waals surface area contributed by atoms with Crippen molar-refractivity contribution in [1.82, 2.24) is 14.2 Å². The summed E-state index contributed by atoms with van der Waals surface area (Å²) >= 11 is 12.1. The van der Waals surface area contributed by atoms with Gasteiger partial charge in [-0.2, -0.15) is 0 Å². The minimum absolute atomic E-state index is 0.120. The second-order valence-electron chi connectivity index (χ2n) is 7.04. The van der Waals surface area contributed by atoms with Crippen LogP contribution in [0.4, 0.5) is 0 Å². The lowest BCUT2D eigenvalue weighted by Crippen LogP contribution is -2.30. The number of hydrogen-bond acceptors (Lipinski definition) is 4. The van der Waals surface area contributed by atoms with Gasteiger partial charge in [-0.05, 0) is 54.1 Å². The summed E-state index contributed by atoms with van der Waals surface area (Å²) in [7, 11) is -0.657. The van der Waals surface area contributed by atoms with E-state index < -0.39 is 10.0 Å². The van der Waals surface area contributed by atoms with Crippen molar-refractivity contribution in [3.8, 4) is 0 Å². The fourth-order valence-electron chi connectivity index (χ4n) is 2.91. The van der Waals surface area contributed by atoms with E-state index in [1.807, 2.05) is 12.1 Å². The van der Waals surface area contributed by atoms with E-state index in [1.54, 1.807) is 35.4 Å². The van der Waals surface area contributed by atoms with Gasteiger partial charge in [0.25, 0.3) is 5.91 Å². The quantitative estimate of drug-likeness (QED) is 0.502. The molecule has 162 valence electrons. The monoisotopic (exact) mass is 477 g/mol. The summed E-state index contributed by atoms with van der Waals surface area (Å²) in [6, 6.07) is 16.6. The lowest BCUT2D eigenvalue weighted by Gasteiger charge is -2.23. The zero-order chi connectivity index (χ0) is 22.6. The first-order valence-electron chi connectivity index (χ1n) is 9.34. The van der Waals surface area contributed by atoms with E-state index in [0.29, 0.717) is 15.6 Å². The van der Waals surface area contributed by atoms with Gasteiger partial charge in [-0.15, -0.1) is 0 Å². The van der Waals surface area contributed by atoms with Crippen LogP contribution in [-0.4, -0.2) is 42.6 Å². The third-order valence-electron chi connectivity index (χ3n) is 4.60. The molecule has 1 aromatic heterocycles. The molecule has 0 atom stereocenters. The van der Waals surface area contributed by atoms with Crippen molar-refractivity contribution in [3.05, 3.63) is 93.7 Å². The molecule has 0 aliphatic carbocycles. The van der Waals surface area contributed by atoms with Crippen molar-refractivity contribution < 1.29 is 13.2 Å². The highest BCUT2D eigenvalue weighted by Crippen LogP contribution is 2.24. The smallest absolute Gasteiger partial charge is 0.254 e. The first-order valence-corrected chi connectivity index (χ1v) is 11.5. The molecule has 2 aromatic carbocycles. The number of nitrogens with zero attached hydrogens (tertiary/aromatic N) is 3. The molecule has 9 heteroatoms. The average molecular weight is 478 g/mol. The second-order valence-corrected chi connectivity index (χ2v) is 10.0. The summed E-state index contributed by atoms with van der Waals surface area (Å²) in [5, 5.41) is 0.841. The second kappa shape index (κ2) is 9.78. The van der Waals surface area contributed by atoms with Crippen LogP contribution in [0.15, 0.2) is 71.8 Å². The Hall–Kier alpha value is -2.45. The molecule has 0 aliphatic heterocycles. The Balaban J connectivity index is 1.90. The first kappa shape index (κ1) is 23.2. The van der Waals surface area contributed by atoms with Crippen LogP contribution in [0.3, 0.4) is 0 Å². The molecular weight excluding hydrogens is 457 g/mol. The summed E-state index contributed by atoms with van der Waals surface area (Å²) < 4.78 is 25.7. The number of halogens is 2. The van der Waals surface area contributed by atoms with Gasteiger partial charge in [0.15, 0.2) is 0 Å². The normalized spacial score (nSPS) is 11.5. The zero-order valence-electron chi connectivity index (χ0n) is 17.0. The van der Waals surface area contributed by atoms with Gasteiger partial charge >= 0.3 is 0 Å². The van der Waals surface area contributed by atoms with Crippen molar-refractivity contribution in [2.24, 2.45) is 0 Å². The zero-order valence-corrected chi connectivity index (χ0v) is 19.3. The number of pyridine rings is 1. The van der Waals surface area contributed by atoms with Gasteiger partial charge in [0, 0.05) is 32.4 Å². The molecule has 6 nitrogen and oxygen atoms in total. The van der Waals surface area contributed by atoms with Gasteiger partial charge in [-0.25, -0.2) is 12.7 Å². The number of hydrogen-bond donors (Lipinski definition) is 0. The molecule has 0 fully saturated rings. The molecule has 0 saturated carbocycles. The first-order chi connectivity index (χ1) is 14.7. The molecule has 0 saturated heterocycles. The standard InChI is InChI=1S/C22H21Cl2N3O3S/c1-26(2)31(29,30)19-9-7-17(8-10-19)22(28)27(15-18-5-3-4-12-25-18)14-16-6-11-20(23)21(24)13-16/h3-13H,14-15H2,1-2H3. The van der Waals surface area contributed by atoms with E-state index in [2.05, 4.69) is 4.98 Å². The number of aromatic nitrogens is 1. The summed E-state index contributed by atoms with van der Waals surface area (Å²) in [6.07, 6.45) is 1.66. The maximum Gasteiger partial charge on any atom is 0.254 e. The Labute approximate surface area is 192 Å². The van der Waals surface area contributed by atoms with Gasteiger partial charge < -0.3 is 4.90 Å². The number of amides is 1. The molecule has 1 amide bonds. The molecule has 0 unspecified atom stereocenters. The van der Waals surface area contributed by atoms with Crippen LogP contribution < -0.4 is 0 Å². The molecule has 1 heterocycles. The summed E-state index contributed by atoms with van der Waals surface area (Å²) in [4.78, 5) is 19.3. The van der Waals surface area contributed by atoms with E-state index in [1.165, 1.54) is 38.4 Å². The molecular formula is C22H21Cl2N3O3S. The Bertz CT molecular complexity index is 1170. The van der Waals surface area contributed by atoms with E-state index in [4.69, 9.17) is 23.2 Å². The van der Waals surface area contributed by atoms with Crippen LogP contribution in [0, 0.1) is 0 Å². The van der Waals surface area contributed by atoms with Gasteiger partial charge in [0.1, 0.15) is 0 Å². The molecule has 3 rings (SSSR count). The number of rotatable bonds is 7. The third-order valence-corrected chi connectivity index (χ3v) is 7.17. The molecule has 31 heavy (non-hydrogen) atoms. The highest BCUT2D eigenvalue weighted by molar-refractivity contribution is 7.89. The summed E-state index contributed by atoms with van der Waals surface area (Å²) in [5.74, 6) is -0.259. The Morgan fingerprint density at radius 2 is 1.65 bits per heavy atom. The van der Waals surface area contributed by atoms with Crippen LogP contribution in [0.5, 0.6) is 0 Å². The molecule has 3 aromatic rings. The largest absolute Gasteiger partial charge is 0.328 e. The number of carbonyl (C=O) groups excluding carboxylic acids is 1. The van der Waals surface area contributed by atoms with E-state index in [0.717, 1.165) is 15.6 Å². The molecule has 0 aliphatic rings. The Morgan fingerprint density at radius 3 is 2.23 bits per heavy atom. The van der Waals surface area contributed by atoms with E-state index >= 15 is 0 Å². The van der Waals surface area contributed by atoms with Crippen molar-refractivity contribution in [1.29, 1.82) is 0 Å². The highest BCUT2D eigenvalue weighted by atomic mass is 35.5. The van der Waals surface area contributed by atoms with E-state index in [9.17, 15) is 13.2 Å². The van der Waals surface area contributed by atoms with Crippen LogP contribution in [0.2, 0.25) is 10.0 Å². The number of benzene rings is 2. The fourth-order valence-corrected chi connectivity index (χ4v) is 4.13. The minimum Gasteiger partial charge on any atom is -0.328 e. The van der Waals surface area contributed by atoms with Crippen molar-refractivity contribution in [3.63, 3.8) is 0 Å². The highest BCUT2D eigenvalue weighted by Gasteiger charge is 2.21. The van der Waals surface area contributed by atoms with Gasteiger partial charge in [0.2, 0.25) is 10.0 Å². The van der Waals surface area contributed by atoms with Gasteiger partial charge in [-0.1, -0.05) is 35.3 Å². The molecule has 0 spiro atoms. The maximum absolute atomic E-state index is 13.3. The number of carbonyl (C=O) groups is 1. The molecule has 0 bridgehead atoms. The third kappa shape index (κ3) is 5.62.